The first-order chi connectivity index (χ1) is 9.19. The van der Waals surface area contributed by atoms with Crippen molar-refractivity contribution in [1.29, 1.82) is 0 Å². The van der Waals surface area contributed by atoms with E-state index in [-0.39, 0.29) is 18.1 Å². The lowest BCUT2D eigenvalue weighted by molar-refractivity contribution is 0.0521. The summed E-state index contributed by atoms with van der Waals surface area (Å²) in [5.41, 5.74) is 6.07. The van der Waals surface area contributed by atoms with Gasteiger partial charge in [0.1, 0.15) is 11.6 Å². The molecule has 2 aromatic heterocycles. The standard InChI is InChI=1S/C12H15N5O2/c1-3-8-16-9(11(18)19-4-2)10(13)17(8)12-14-6-5-7-15-12/h5-7H,3-4,13H2,1-2H3. The molecule has 0 saturated heterocycles. The molecule has 0 aliphatic carbocycles. The van der Waals surface area contributed by atoms with Crippen molar-refractivity contribution in [2.75, 3.05) is 12.3 Å². The maximum atomic E-state index is 11.8. The highest BCUT2D eigenvalue weighted by molar-refractivity contribution is 5.92. The third kappa shape index (κ3) is 2.40. The van der Waals surface area contributed by atoms with Crippen LogP contribution in [0.3, 0.4) is 0 Å². The molecule has 100 valence electrons. The zero-order chi connectivity index (χ0) is 13.8. The van der Waals surface area contributed by atoms with E-state index in [1.54, 1.807) is 30.0 Å². The van der Waals surface area contributed by atoms with Gasteiger partial charge >= 0.3 is 5.97 Å². The second-order valence-electron chi connectivity index (χ2n) is 3.72. The van der Waals surface area contributed by atoms with Crippen LogP contribution in [0.2, 0.25) is 0 Å². The summed E-state index contributed by atoms with van der Waals surface area (Å²) in [5, 5.41) is 0. The van der Waals surface area contributed by atoms with Gasteiger partial charge in [-0.05, 0) is 13.0 Å². The molecule has 2 heterocycles. The van der Waals surface area contributed by atoms with Crippen LogP contribution in [0.15, 0.2) is 18.5 Å². The minimum absolute atomic E-state index is 0.103. The normalized spacial score (nSPS) is 10.4. The minimum Gasteiger partial charge on any atom is -0.461 e. The van der Waals surface area contributed by atoms with Crippen molar-refractivity contribution >= 4 is 11.8 Å². The number of hydrogen-bond donors (Lipinski definition) is 1. The fraction of sp³-hybridized carbons (Fsp3) is 0.333. The molecule has 7 nitrogen and oxygen atoms in total. The predicted molar refractivity (Wildman–Crippen MR) is 68.9 cm³/mol. The average Bonchev–Trinajstić information content (AvgIpc) is 2.77. The van der Waals surface area contributed by atoms with Crippen molar-refractivity contribution in [3.63, 3.8) is 0 Å². The van der Waals surface area contributed by atoms with E-state index >= 15 is 0 Å². The Morgan fingerprint density at radius 2 is 2.05 bits per heavy atom. The van der Waals surface area contributed by atoms with Gasteiger partial charge in [-0.15, -0.1) is 0 Å². The van der Waals surface area contributed by atoms with Crippen LogP contribution < -0.4 is 5.73 Å². The Bertz CT molecular complexity index is 579. The average molecular weight is 261 g/mol. The lowest BCUT2D eigenvalue weighted by Crippen LogP contribution is -2.11. The minimum atomic E-state index is -0.538. The van der Waals surface area contributed by atoms with Gasteiger partial charge in [-0.25, -0.2) is 24.3 Å². The quantitative estimate of drug-likeness (QED) is 0.824. The van der Waals surface area contributed by atoms with E-state index in [1.807, 2.05) is 6.92 Å². The highest BCUT2D eigenvalue weighted by Crippen LogP contribution is 2.19. The van der Waals surface area contributed by atoms with Gasteiger partial charge in [0, 0.05) is 18.8 Å². The van der Waals surface area contributed by atoms with Crippen LogP contribution in [-0.4, -0.2) is 32.1 Å². The summed E-state index contributed by atoms with van der Waals surface area (Å²) >= 11 is 0. The Morgan fingerprint density at radius 3 is 2.63 bits per heavy atom. The molecule has 2 N–H and O–H groups in total. The van der Waals surface area contributed by atoms with Gasteiger partial charge in [-0.3, -0.25) is 0 Å². The lowest BCUT2D eigenvalue weighted by Gasteiger charge is -2.05. The van der Waals surface area contributed by atoms with Crippen molar-refractivity contribution in [2.24, 2.45) is 0 Å². The number of aryl methyl sites for hydroxylation is 1. The van der Waals surface area contributed by atoms with Crippen LogP contribution in [0.25, 0.3) is 5.95 Å². The molecular formula is C12H15N5O2. The van der Waals surface area contributed by atoms with Crippen LogP contribution in [0.5, 0.6) is 0 Å². The summed E-state index contributed by atoms with van der Waals surface area (Å²) < 4.78 is 6.48. The van der Waals surface area contributed by atoms with Crippen LogP contribution in [0.1, 0.15) is 30.2 Å². The van der Waals surface area contributed by atoms with Gasteiger partial charge in [0.2, 0.25) is 5.95 Å². The molecule has 7 heteroatoms. The lowest BCUT2D eigenvalue weighted by atomic mass is 10.4. The summed E-state index contributed by atoms with van der Waals surface area (Å²) in [6.45, 7) is 3.91. The molecule has 0 saturated carbocycles. The van der Waals surface area contributed by atoms with Gasteiger partial charge in [0.15, 0.2) is 5.69 Å². The first-order valence-electron chi connectivity index (χ1n) is 6.00. The summed E-state index contributed by atoms with van der Waals surface area (Å²) in [4.78, 5) is 24.2. The van der Waals surface area contributed by atoms with Crippen LogP contribution in [-0.2, 0) is 11.2 Å². The molecule has 0 bridgehead atoms. The van der Waals surface area contributed by atoms with E-state index < -0.39 is 5.97 Å². The molecule has 0 aromatic carbocycles. The topological polar surface area (TPSA) is 95.9 Å². The number of nitrogens with zero attached hydrogens (tertiary/aromatic N) is 4. The van der Waals surface area contributed by atoms with Gasteiger partial charge in [-0.1, -0.05) is 6.92 Å². The first kappa shape index (κ1) is 13.0. The maximum absolute atomic E-state index is 11.8. The Hall–Kier alpha value is -2.44. The number of carbonyl (C=O) groups excluding carboxylic acids is 1. The number of aromatic nitrogens is 4. The van der Waals surface area contributed by atoms with Crippen molar-refractivity contribution in [3.8, 4) is 5.95 Å². The van der Waals surface area contributed by atoms with Crippen LogP contribution in [0.4, 0.5) is 5.82 Å². The molecule has 0 spiro atoms. The van der Waals surface area contributed by atoms with Crippen LogP contribution >= 0.6 is 0 Å². The zero-order valence-electron chi connectivity index (χ0n) is 10.8. The van der Waals surface area contributed by atoms with Crippen molar-refractivity contribution < 1.29 is 9.53 Å². The number of esters is 1. The number of nitrogens with two attached hydrogens (primary N) is 1. The van der Waals surface area contributed by atoms with E-state index in [1.165, 1.54) is 0 Å². The number of rotatable bonds is 4. The van der Waals surface area contributed by atoms with Gasteiger partial charge in [0.25, 0.3) is 0 Å². The number of carbonyl (C=O) groups is 1. The molecule has 2 rings (SSSR count). The first-order valence-corrected chi connectivity index (χ1v) is 6.00. The van der Waals surface area contributed by atoms with E-state index in [0.717, 1.165) is 0 Å². The predicted octanol–water partition coefficient (Wildman–Crippen LogP) is 0.984. The van der Waals surface area contributed by atoms with Crippen molar-refractivity contribution in [3.05, 3.63) is 30.0 Å². The van der Waals surface area contributed by atoms with E-state index in [2.05, 4.69) is 15.0 Å². The molecule has 19 heavy (non-hydrogen) atoms. The van der Waals surface area contributed by atoms with Crippen molar-refractivity contribution in [1.82, 2.24) is 19.5 Å². The monoisotopic (exact) mass is 261 g/mol. The molecule has 0 unspecified atom stereocenters. The second kappa shape index (κ2) is 5.47. The van der Waals surface area contributed by atoms with E-state index in [0.29, 0.717) is 18.2 Å². The molecule has 0 amide bonds. The van der Waals surface area contributed by atoms with Crippen LogP contribution in [0, 0.1) is 0 Å². The van der Waals surface area contributed by atoms with E-state index in [9.17, 15) is 4.79 Å². The van der Waals surface area contributed by atoms with E-state index in [4.69, 9.17) is 10.5 Å². The highest BCUT2D eigenvalue weighted by Gasteiger charge is 2.22. The fourth-order valence-corrected chi connectivity index (χ4v) is 1.70. The molecule has 0 radical (unpaired) electrons. The van der Waals surface area contributed by atoms with Gasteiger partial charge in [0.05, 0.1) is 6.61 Å². The number of hydrogen-bond acceptors (Lipinski definition) is 6. The number of imidazole rings is 1. The molecule has 0 aliphatic heterocycles. The Kier molecular flexibility index (Phi) is 3.74. The van der Waals surface area contributed by atoms with Gasteiger partial charge < -0.3 is 10.5 Å². The zero-order valence-corrected chi connectivity index (χ0v) is 10.8. The maximum Gasteiger partial charge on any atom is 0.360 e. The fourth-order valence-electron chi connectivity index (χ4n) is 1.70. The Balaban J connectivity index is 2.52. The third-order valence-electron chi connectivity index (χ3n) is 2.52. The molecule has 2 aromatic rings. The largest absolute Gasteiger partial charge is 0.461 e. The highest BCUT2D eigenvalue weighted by atomic mass is 16.5. The Morgan fingerprint density at radius 1 is 1.37 bits per heavy atom. The van der Waals surface area contributed by atoms with Gasteiger partial charge in [-0.2, -0.15) is 0 Å². The third-order valence-corrected chi connectivity index (χ3v) is 2.52. The van der Waals surface area contributed by atoms with Crippen molar-refractivity contribution in [2.45, 2.75) is 20.3 Å². The molecule has 0 atom stereocenters. The molecular weight excluding hydrogens is 246 g/mol. The second-order valence-corrected chi connectivity index (χ2v) is 3.72. The Labute approximate surface area is 110 Å². The summed E-state index contributed by atoms with van der Waals surface area (Å²) in [7, 11) is 0. The smallest absolute Gasteiger partial charge is 0.360 e. The SMILES string of the molecule is CCOC(=O)c1nc(CC)n(-c2ncccn2)c1N. The summed E-state index contributed by atoms with van der Waals surface area (Å²) in [6, 6.07) is 1.70. The number of anilines is 1. The number of nitrogen functional groups attached to an aromatic ring is 1. The number of ether oxygens (including phenoxy) is 1. The molecule has 0 aliphatic rings. The summed E-state index contributed by atoms with van der Waals surface area (Å²) in [5.74, 6) is 0.664. The summed E-state index contributed by atoms with van der Waals surface area (Å²) in [6.07, 6.45) is 3.80. The molecule has 0 fully saturated rings.